The van der Waals surface area contributed by atoms with Crippen molar-refractivity contribution in [3.8, 4) is 5.69 Å². The molecule has 0 spiro atoms. The van der Waals surface area contributed by atoms with Crippen LogP contribution in [0, 0.1) is 0 Å². The molecule has 2 heterocycles. The molecule has 190 valence electrons. The van der Waals surface area contributed by atoms with Crippen LogP contribution in [0.1, 0.15) is 13.8 Å². The summed E-state index contributed by atoms with van der Waals surface area (Å²) in [5, 5.41) is 10.1. The molecule has 2 nitrogen and oxygen atoms in total. The molecular formula is C38H28N2. The predicted molar refractivity (Wildman–Crippen MR) is 172 cm³/mol. The second kappa shape index (κ2) is 8.72. The highest BCUT2D eigenvalue weighted by molar-refractivity contribution is 6.19. The van der Waals surface area contributed by atoms with Crippen LogP contribution in [0.4, 0.5) is 0 Å². The SMILES string of the molecule is C/C=c1/cccc/c1=C(/C)n1c2ccccc2c2cc3c(cc21)c1ccccc1n3-c1cccc2ccccc12. The van der Waals surface area contributed by atoms with Gasteiger partial charge in [0.25, 0.3) is 0 Å². The van der Waals surface area contributed by atoms with E-state index in [4.69, 9.17) is 0 Å². The number of benzene rings is 6. The molecule has 6 aromatic carbocycles. The van der Waals surface area contributed by atoms with E-state index in [1.54, 1.807) is 0 Å². The number of nitrogens with zero attached hydrogens (tertiary/aromatic N) is 2. The Labute approximate surface area is 232 Å². The Morgan fingerprint density at radius 2 is 1.12 bits per heavy atom. The molecule has 40 heavy (non-hydrogen) atoms. The predicted octanol–water partition coefficient (Wildman–Crippen LogP) is 8.52. The molecule has 0 atom stereocenters. The van der Waals surface area contributed by atoms with Crippen LogP contribution < -0.4 is 10.4 Å². The highest BCUT2D eigenvalue weighted by Gasteiger charge is 2.19. The lowest BCUT2D eigenvalue weighted by atomic mass is 10.1. The molecule has 0 saturated carbocycles. The molecule has 0 aliphatic rings. The van der Waals surface area contributed by atoms with Gasteiger partial charge in [-0.1, -0.05) is 103 Å². The smallest absolute Gasteiger partial charge is 0.0549 e. The zero-order valence-electron chi connectivity index (χ0n) is 22.6. The average molecular weight is 513 g/mol. The summed E-state index contributed by atoms with van der Waals surface area (Å²) in [4.78, 5) is 0. The van der Waals surface area contributed by atoms with Crippen LogP contribution in [-0.2, 0) is 0 Å². The minimum absolute atomic E-state index is 1.21. The van der Waals surface area contributed by atoms with Crippen molar-refractivity contribution in [2.75, 3.05) is 0 Å². The van der Waals surface area contributed by atoms with Crippen molar-refractivity contribution in [2.24, 2.45) is 0 Å². The van der Waals surface area contributed by atoms with E-state index in [2.05, 4.69) is 156 Å². The molecule has 0 bridgehead atoms. The largest absolute Gasteiger partial charge is 0.313 e. The van der Waals surface area contributed by atoms with E-state index in [-0.39, 0.29) is 0 Å². The van der Waals surface area contributed by atoms with E-state index in [1.165, 1.54) is 76.2 Å². The molecule has 0 saturated heterocycles. The van der Waals surface area contributed by atoms with Gasteiger partial charge in [-0.25, -0.2) is 0 Å². The lowest BCUT2D eigenvalue weighted by molar-refractivity contribution is 1.17. The molecular weight excluding hydrogens is 484 g/mol. The second-order valence-corrected chi connectivity index (χ2v) is 10.6. The van der Waals surface area contributed by atoms with Crippen LogP contribution >= 0.6 is 0 Å². The van der Waals surface area contributed by atoms with Gasteiger partial charge < -0.3 is 9.13 Å². The van der Waals surface area contributed by atoms with E-state index in [1.807, 2.05) is 0 Å². The Balaban J connectivity index is 1.58. The summed E-state index contributed by atoms with van der Waals surface area (Å²) in [6.07, 6.45) is 2.20. The normalized spacial score (nSPS) is 13.3. The summed E-state index contributed by atoms with van der Waals surface area (Å²) in [6.45, 7) is 4.36. The number of aromatic nitrogens is 2. The summed E-state index contributed by atoms with van der Waals surface area (Å²) in [7, 11) is 0. The highest BCUT2D eigenvalue weighted by atomic mass is 15.0. The first kappa shape index (κ1) is 22.9. The number of rotatable bonds is 2. The fraction of sp³-hybridized carbons (Fsp3) is 0.0526. The summed E-state index contributed by atoms with van der Waals surface area (Å²) in [6, 6.07) is 46.4. The first-order chi connectivity index (χ1) is 19.7. The van der Waals surface area contributed by atoms with Gasteiger partial charge in [0.15, 0.2) is 0 Å². The maximum atomic E-state index is 2.45. The van der Waals surface area contributed by atoms with Gasteiger partial charge in [0, 0.05) is 37.8 Å². The lowest BCUT2D eigenvalue weighted by Gasteiger charge is -2.12. The fourth-order valence-electron chi connectivity index (χ4n) is 6.65. The Hall–Kier alpha value is -5.08. The van der Waals surface area contributed by atoms with Crippen LogP contribution in [-0.4, -0.2) is 9.13 Å². The zero-order chi connectivity index (χ0) is 26.8. The zero-order valence-corrected chi connectivity index (χ0v) is 22.6. The number of hydrogen-bond acceptors (Lipinski definition) is 0. The number of para-hydroxylation sites is 2. The first-order valence-electron chi connectivity index (χ1n) is 13.9. The Morgan fingerprint density at radius 1 is 0.525 bits per heavy atom. The van der Waals surface area contributed by atoms with Crippen LogP contribution in [0.15, 0.2) is 127 Å². The van der Waals surface area contributed by atoms with Gasteiger partial charge in [0.1, 0.15) is 0 Å². The standard InChI is InChI=1S/C38H28N2/c1-3-26-13-4-6-16-28(26)25(2)39-35-20-10-8-18-30(35)32-24-38-33(23-37(32)39)31-19-9-11-21-36(31)40(38)34-22-12-15-27-14-5-7-17-29(27)34/h3-24H,1-2H3/b26-3-,28-25+. The van der Waals surface area contributed by atoms with E-state index < -0.39 is 0 Å². The van der Waals surface area contributed by atoms with E-state index >= 15 is 0 Å². The molecule has 0 N–H and O–H groups in total. The molecule has 0 amide bonds. The summed E-state index contributed by atoms with van der Waals surface area (Å²) in [5.41, 5.74) is 7.36. The van der Waals surface area contributed by atoms with Gasteiger partial charge in [0.05, 0.1) is 27.8 Å². The second-order valence-electron chi connectivity index (χ2n) is 10.6. The number of fused-ring (bicyclic) bond motifs is 7. The summed E-state index contributed by atoms with van der Waals surface area (Å²) < 4.78 is 4.91. The van der Waals surface area contributed by atoms with Crippen LogP contribution in [0.2, 0.25) is 0 Å². The monoisotopic (exact) mass is 512 g/mol. The molecule has 0 aliphatic heterocycles. The van der Waals surface area contributed by atoms with Gasteiger partial charge >= 0.3 is 0 Å². The molecule has 0 aliphatic carbocycles. The molecule has 2 aromatic heterocycles. The van der Waals surface area contributed by atoms with Gasteiger partial charge in [-0.15, -0.1) is 0 Å². The third-order valence-electron chi connectivity index (χ3n) is 8.47. The average Bonchev–Trinajstić information content (AvgIpc) is 3.51. The number of hydrogen-bond donors (Lipinski definition) is 0. The first-order valence-corrected chi connectivity index (χ1v) is 13.9. The molecule has 0 unspecified atom stereocenters. The summed E-state index contributed by atoms with van der Waals surface area (Å²) in [5.74, 6) is 0. The molecule has 0 radical (unpaired) electrons. The van der Waals surface area contributed by atoms with Crippen molar-refractivity contribution < 1.29 is 0 Å². The van der Waals surface area contributed by atoms with Gasteiger partial charge in [-0.05, 0) is 54.8 Å². The Bertz CT molecular complexity index is 2390. The van der Waals surface area contributed by atoms with Crippen LogP contribution in [0.5, 0.6) is 0 Å². The molecule has 8 rings (SSSR count). The fourth-order valence-corrected chi connectivity index (χ4v) is 6.65. The van der Waals surface area contributed by atoms with Crippen molar-refractivity contribution in [1.29, 1.82) is 0 Å². The highest BCUT2D eigenvalue weighted by Crippen LogP contribution is 2.40. The van der Waals surface area contributed by atoms with E-state index in [0.717, 1.165) is 0 Å². The lowest BCUT2D eigenvalue weighted by Crippen LogP contribution is -2.27. The maximum Gasteiger partial charge on any atom is 0.0549 e. The molecule has 0 fully saturated rings. The van der Waals surface area contributed by atoms with Crippen molar-refractivity contribution in [1.82, 2.24) is 9.13 Å². The van der Waals surface area contributed by atoms with Crippen molar-refractivity contribution in [2.45, 2.75) is 13.8 Å². The molecule has 8 aromatic rings. The Kier molecular flexibility index (Phi) is 4.99. The quantitative estimate of drug-likeness (QED) is 0.220. The van der Waals surface area contributed by atoms with E-state index in [9.17, 15) is 0 Å². The van der Waals surface area contributed by atoms with Crippen LogP contribution in [0.3, 0.4) is 0 Å². The minimum atomic E-state index is 1.21. The van der Waals surface area contributed by atoms with E-state index in [0.29, 0.717) is 0 Å². The maximum absolute atomic E-state index is 2.45. The topological polar surface area (TPSA) is 9.86 Å². The van der Waals surface area contributed by atoms with Crippen molar-refractivity contribution in [3.63, 3.8) is 0 Å². The Morgan fingerprint density at radius 3 is 1.95 bits per heavy atom. The summed E-state index contributed by atoms with van der Waals surface area (Å²) >= 11 is 0. The molecule has 2 heteroatoms. The van der Waals surface area contributed by atoms with Crippen molar-refractivity contribution in [3.05, 3.63) is 138 Å². The van der Waals surface area contributed by atoms with Crippen LogP contribution in [0.25, 0.3) is 71.8 Å². The van der Waals surface area contributed by atoms with Gasteiger partial charge in [-0.3, -0.25) is 0 Å². The van der Waals surface area contributed by atoms with Crippen molar-refractivity contribution >= 4 is 66.2 Å². The third-order valence-corrected chi connectivity index (χ3v) is 8.47. The minimum Gasteiger partial charge on any atom is -0.313 e. The third kappa shape index (κ3) is 3.17. The van der Waals surface area contributed by atoms with Gasteiger partial charge in [-0.2, -0.15) is 0 Å². The van der Waals surface area contributed by atoms with Gasteiger partial charge in [0.2, 0.25) is 0 Å².